The molecule has 168 valence electrons. The van der Waals surface area contributed by atoms with E-state index in [2.05, 4.69) is 11.0 Å². The molecule has 0 spiro atoms. The van der Waals surface area contributed by atoms with E-state index in [1.807, 2.05) is 72.5 Å². The second-order valence-corrected chi connectivity index (χ2v) is 9.57. The summed E-state index contributed by atoms with van der Waals surface area (Å²) in [6.45, 7) is 5.43. The number of fused-ring (bicyclic) bond motifs is 1. The molecule has 0 aliphatic carbocycles. The summed E-state index contributed by atoms with van der Waals surface area (Å²) >= 11 is 7.62. The number of hydrogen-bond acceptors (Lipinski definition) is 5. The molecule has 1 fully saturated rings. The molecule has 5 nitrogen and oxygen atoms in total. The summed E-state index contributed by atoms with van der Waals surface area (Å²) in [5, 5.41) is 0.873. The Morgan fingerprint density at radius 2 is 1.79 bits per heavy atom. The molecule has 0 bridgehead atoms. The van der Waals surface area contributed by atoms with Crippen molar-refractivity contribution in [1.29, 1.82) is 0 Å². The number of benzene rings is 2. The number of hydrogen-bond donors (Lipinski definition) is 0. The van der Waals surface area contributed by atoms with E-state index in [4.69, 9.17) is 21.3 Å². The number of pyridine rings is 1. The molecule has 0 atom stereocenters. The number of aromatic nitrogens is 1. The normalized spacial score (nSPS) is 14.0. The molecule has 3 heterocycles. The van der Waals surface area contributed by atoms with Gasteiger partial charge in [-0.1, -0.05) is 41.9 Å². The van der Waals surface area contributed by atoms with Crippen molar-refractivity contribution in [3.05, 3.63) is 76.6 Å². The molecule has 2 aromatic carbocycles. The lowest BCUT2D eigenvalue weighted by Gasteiger charge is -2.37. The van der Waals surface area contributed by atoms with E-state index in [1.165, 1.54) is 11.3 Å². The quantitative estimate of drug-likeness (QED) is 0.355. The van der Waals surface area contributed by atoms with Crippen LogP contribution in [0.15, 0.2) is 66.7 Å². The highest BCUT2D eigenvalue weighted by atomic mass is 35.5. The zero-order chi connectivity index (χ0) is 22.8. The highest BCUT2D eigenvalue weighted by molar-refractivity contribution is 7.19. The van der Waals surface area contributed by atoms with E-state index >= 15 is 0 Å². The Kier molecular flexibility index (Phi) is 6.20. The van der Waals surface area contributed by atoms with Gasteiger partial charge in [-0.25, -0.2) is 4.98 Å². The molecule has 0 unspecified atom stereocenters. The summed E-state index contributed by atoms with van der Waals surface area (Å²) < 4.78 is 6.51. The number of halogens is 1. The number of ether oxygens (including phenoxy) is 1. The number of nitrogens with zero attached hydrogens (tertiary/aromatic N) is 3. The van der Waals surface area contributed by atoms with Crippen LogP contribution < -0.4 is 9.64 Å². The first kappa shape index (κ1) is 21.7. The number of para-hydroxylation sites is 3. The summed E-state index contributed by atoms with van der Waals surface area (Å²) in [4.78, 5) is 23.6. The third kappa shape index (κ3) is 4.41. The van der Waals surface area contributed by atoms with Crippen LogP contribution in [0.1, 0.15) is 17.3 Å². The minimum absolute atomic E-state index is 0.0373. The SMILES string of the molecule is CCOc1ccccc1N1CCN(C(=O)c2cc(-c3ccc(Cl)s3)nc3ccccc23)CC1. The van der Waals surface area contributed by atoms with Crippen LogP contribution in [0.3, 0.4) is 0 Å². The van der Waals surface area contributed by atoms with Gasteiger partial charge < -0.3 is 14.5 Å². The molecular weight excluding hydrogens is 454 g/mol. The molecule has 0 radical (unpaired) electrons. The Morgan fingerprint density at radius 1 is 1.03 bits per heavy atom. The Balaban J connectivity index is 1.41. The predicted octanol–water partition coefficient (Wildman–Crippen LogP) is 5.98. The fraction of sp³-hybridized carbons (Fsp3) is 0.231. The van der Waals surface area contributed by atoms with Gasteiger partial charge in [-0.2, -0.15) is 0 Å². The molecule has 5 rings (SSSR count). The van der Waals surface area contributed by atoms with Crippen molar-refractivity contribution >= 4 is 45.4 Å². The average molecular weight is 478 g/mol. The first-order valence-electron chi connectivity index (χ1n) is 11.1. The summed E-state index contributed by atoms with van der Waals surface area (Å²) in [5.74, 6) is 0.925. The molecule has 1 aliphatic heterocycles. The first-order valence-corrected chi connectivity index (χ1v) is 12.2. The van der Waals surface area contributed by atoms with Crippen LogP contribution in [0.4, 0.5) is 5.69 Å². The Bertz CT molecular complexity index is 1300. The van der Waals surface area contributed by atoms with Gasteiger partial charge in [0.2, 0.25) is 0 Å². The molecule has 1 aliphatic rings. The van der Waals surface area contributed by atoms with Crippen molar-refractivity contribution < 1.29 is 9.53 Å². The molecule has 0 N–H and O–H groups in total. The zero-order valence-corrected chi connectivity index (χ0v) is 19.9. The van der Waals surface area contributed by atoms with Crippen LogP contribution >= 0.6 is 22.9 Å². The third-order valence-electron chi connectivity index (χ3n) is 5.84. The van der Waals surface area contributed by atoms with Gasteiger partial charge in [0.1, 0.15) is 5.75 Å². The molecule has 1 amide bonds. The topological polar surface area (TPSA) is 45.7 Å². The molecule has 4 aromatic rings. The number of piperazine rings is 1. The molecule has 1 saturated heterocycles. The number of anilines is 1. The Morgan fingerprint density at radius 3 is 2.55 bits per heavy atom. The first-order chi connectivity index (χ1) is 16.1. The van der Waals surface area contributed by atoms with Crippen LogP contribution in [0.2, 0.25) is 4.34 Å². The van der Waals surface area contributed by atoms with Crippen molar-refractivity contribution in [1.82, 2.24) is 9.88 Å². The van der Waals surface area contributed by atoms with Gasteiger partial charge >= 0.3 is 0 Å². The zero-order valence-electron chi connectivity index (χ0n) is 18.3. The van der Waals surface area contributed by atoms with Crippen molar-refractivity contribution in [2.45, 2.75) is 6.92 Å². The van der Waals surface area contributed by atoms with Crippen molar-refractivity contribution in [3.8, 4) is 16.3 Å². The van der Waals surface area contributed by atoms with Gasteiger partial charge in [0.15, 0.2) is 0 Å². The van der Waals surface area contributed by atoms with E-state index in [1.54, 1.807) is 0 Å². The second kappa shape index (κ2) is 9.41. The minimum Gasteiger partial charge on any atom is -0.492 e. The van der Waals surface area contributed by atoms with Crippen LogP contribution in [0.25, 0.3) is 21.5 Å². The Hall–Kier alpha value is -3.09. The van der Waals surface area contributed by atoms with E-state index in [0.29, 0.717) is 29.6 Å². The number of amides is 1. The molecule has 33 heavy (non-hydrogen) atoms. The maximum Gasteiger partial charge on any atom is 0.254 e. The monoisotopic (exact) mass is 477 g/mol. The van der Waals surface area contributed by atoms with Gasteiger partial charge in [-0.05, 0) is 43.3 Å². The van der Waals surface area contributed by atoms with E-state index in [0.717, 1.165) is 46.0 Å². The summed E-state index contributed by atoms with van der Waals surface area (Å²) in [5.41, 5.74) is 3.35. The highest BCUT2D eigenvalue weighted by Crippen LogP contribution is 2.33. The summed E-state index contributed by atoms with van der Waals surface area (Å²) in [6.07, 6.45) is 0. The molecule has 0 saturated carbocycles. The average Bonchev–Trinajstić information content (AvgIpc) is 3.30. The van der Waals surface area contributed by atoms with Crippen LogP contribution in [0.5, 0.6) is 5.75 Å². The van der Waals surface area contributed by atoms with Gasteiger partial charge in [-0.3, -0.25) is 4.79 Å². The van der Waals surface area contributed by atoms with Crippen LogP contribution in [-0.4, -0.2) is 48.6 Å². The summed E-state index contributed by atoms with van der Waals surface area (Å²) in [6, 6.07) is 21.6. The van der Waals surface area contributed by atoms with Crippen molar-refractivity contribution in [2.75, 3.05) is 37.7 Å². The van der Waals surface area contributed by atoms with Gasteiger partial charge in [0.05, 0.1) is 38.3 Å². The largest absolute Gasteiger partial charge is 0.492 e. The number of carbonyl (C=O) groups is 1. The molecular formula is C26H24ClN3O2S. The lowest BCUT2D eigenvalue weighted by Crippen LogP contribution is -2.49. The van der Waals surface area contributed by atoms with Crippen LogP contribution in [0, 0.1) is 0 Å². The fourth-order valence-corrected chi connectivity index (χ4v) is 5.25. The minimum atomic E-state index is 0.0373. The standard InChI is InChI=1S/C26H24ClN3O2S/c1-2-32-23-10-6-5-9-22(23)29-13-15-30(16-14-29)26(31)19-17-21(24-11-12-25(27)33-24)28-20-8-4-3-7-18(19)20/h3-12,17H,2,13-16H2,1H3. The lowest BCUT2D eigenvalue weighted by molar-refractivity contribution is 0.0748. The summed E-state index contributed by atoms with van der Waals surface area (Å²) in [7, 11) is 0. The highest BCUT2D eigenvalue weighted by Gasteiger charge is 2.25. The van der Waals surface area contributed by atoms with Crippen molar-refractivity contribution in [2.24, 2.45) is 0 Å². The van der Waals surface area contributed by atoms with Gasteiger partial charge in [0.25, 0.3) is 5.91 Å². The van der Waals surface area contributed by atoms with E-state index in [-0.39, 0.29) is 5.91 Å². The second-order valence-electron chi connectivity index (χ2n) is 7.86. The van der Waals surface area contributed by atoms with E-state index in [9.17, 15) is 4.79 Å². The Labute approximate surface area is 202 Å². The maximum absolute atomic E-state index is 13.6. The number of carbonyl (C=O) groups excluding carboxylic acids is 1. The smallest absolute Gasteiger partial charge is 0.254 e. The predicted molar refractivity (Wildman–Crippen MR) is 136 cm³/mol. The van der Waals surface area contributed by atoms with Crippen molar-refractivity contribution in [3.63, 3.8) is 0 Å². The van der Waals surface area contributed by atoms with Crippen LogP contribution in [-0.2, 0) is 0 Å². The molecule has 7 heteroatoms. The number of rotatable bonds is 5. The maximum atomic E-state index is 13.6. The van der Waals surface area contributed by atoms with Gasteiger partial charge in [0, 0.05) is 31.6 Å². The third-order valence-corrected chi connectivity index (χ3v) is 7.10. The van der Waals surface area contributed by atoms with Gasteiger partial charge in [-0.15, -0.1) is 11.3 Å². The lowest BCUT2D eigenvalue weighted by atomic mass is 10.1. The fourth-order valence-electron chi connectivity index (χ4n) is 4.25. The van der Waals surface area contributed by atoms with E-state index < -0.39 is 0 Å². The molecule has 2 aromatic heterocycles. The number of thiophene rings is 1.